The van der Waals surface area contributed by atoms with Gasteiger partial charge in [0.15, 0.2) is 4.87 Å². The van der Waals surface area contributed by atoms with E-state index in [0.29, 0.717) is 6.54 Å². The fourth-order valence-corrected chi connectivity index (χ4v) is 6.85. The molecule has 0 aliphatic carbocycles. The van der Waals surface area contributed by atoms with Gasteiger partial charge in [0.2, 0.25) is 0 Å². The number of carbonyl (C=O) groups is 1. The summed E-state index contributed by atoms with van der Waals surface area (Å²) in [6, 6.07) is 16.9. The number of benzene rings is 2. The zero-order valence-corrected chi connectivity index (χ0v) is 22.3. The molecule has 2 fully saturated rings. The summed E-state index contributed by atoms with van der Waals surface area (Å²) in [5.74, 6) is 0.343. The van der Waals surface area contributed by atoms with E-state index in [4.69, 9.17) is 0 Å². The van der Waals surface area contributed by atoms with Gasteiger partial charge in [0.05, 0.1) is 0 Å². The van der Waals surface area contributed by atoms with Gasteiger partial charge in [-0.05, 0) is 66.9 Å². The van der Waals surface area contributed by atoms with Gasteiger partial charge in [-0.15, -0.1) is 11.8 Å². The smallest absolute Gasteiger partial charge is 0.255 e. The van der Waals surface area contributed by atoms with Crippen LogP contribution < -0.4 is 5.32 Å². The van der Waals surface area contributed by atoms with E-state index in [0.717, 1.165) is 67.0 Å². The molecule has 2 aliphatic heterocycles. The Morgan fingerprint density at radius 3 is 2.13 bits per heavy atom. The quantitative estimate of drug-likeness (QED) is 0.467. The minimum Gasteiger partial charge on any atom is -0.352 e. The summed E-state index contributed by atoms with van der Waals surface area (Å²) in [4.78, 5) is 21.4. The molecular formula is C30H32F2N4OS. The van der Waals surface area contributed by atoms with Crippen molar-refractivity contribution in [3.05, 3.63) is 107 Å². The van der Waals surface area contributed by atoms with Gasteiger partial charge in [-0.3, -0.25) is 14.7 Å². The van der Waals surface area contributed by atoms with Crippen LogP contribution in [0, 0.1) is 11.6 Å². The molecule has 8 heteroatoms. The lowest BCUT2D eigenvalue weighted by Crippen LogP contribution is -2.51. The Hall–Kier alpha value is -3.07. The van der Waals surface area contributed by atoms with Crippen LogP contribution in [0.5, 0.6) is 0 Å². The number of carbonyl (C=O) groups excluding carboxylic acids is 1. The SMILES string of the molecule is CN1CCS[C@@]1(C(=O)NCCN1CCC(=C(c2ccc(F)cc2)c2ccc(F)cc2)CC1)c1cccnc1. The molecule has 0 bridgehead atoms. The van der Waals surface area contributed by atoms with E-state index in [9.17, 15) is 13.6 Å². The molecule has 5 rings (SSSR count). The predicted octanol–water partition coefficient (Wildman–Crippen LogP) is 4.91. The van der Waals surface area contributed by atoms with Crippen molar-refractivity contribution in [3.8, 4) is 0 Å². The first-order chi connectivity index (χ1) is 18.5. The normalized spacial score (nSPS) is 20.4. The summed E-state index contributed by atoms with van der Waals surface area (Å²) >= 11 is 1.65. The predicted molar refractivity (Wildman–Crippen MR) is 149 cm³/mol. The molecule has 1 N–H and O–H groups in total. The highest BCUT2D eigenvalue weighted by atomic mass is 32.2. The number of amides is 1. The van der Waals surface area contributed by atoms with E-state index >= 15 is 0 Å². The van der Waals surface area contributed by atoms with Gasteiger partial charge in [0.25, 0.3) is 5.91 Å². The number of piperidine rings is 1. The number of nitrogens with zero attached hydrogens (tertiary/aromatic N) is 3. The molecule has 198 valence electrons. The topological polar surface area (TPSA) is 48.5 Å². The van der Waals surface area contributed by atoms with Crippen LogP contribution in [0.3, 0.4) is 0 Å². The third-order valence-corrected chi connectivity index (χ3v) is 8.97. The lowest BCUT2D eigenvalue weighted by molar-refractivity contribution is -0.127. The second kappa shape index (κ2) is 11.8. The number of halogens is 2. The Balaban J connectivity index is 1.24. The van der Waals surface area contributed by atoms with Crippen LogP contribution in [-0.4, -0.2) is 66.2 Å². The summed E-state index contributed by atoms with van der Waals surface area (Å²) in [5, 5.41) is 3.18. The number of nitrogens with one attached hydrogen (secondary N) is 1. The van der Waals surface area contributed by atoms with E-state index in [1.807, 2.05) is 19.2 Å². The molecule has 2 saturated heterocycles. The van der Waals surface area contributed by atoms with Crippen LogP contribution in [-0.2, 0) is 9.67 Å². The summed E-state index contributed by atoms with van der Waals surface area (Å²) < 4.78 is 27.2. The molecule has 3 heterocycles. The first-order valence-corrected chi connectivity index (χ1v) is 14.0. The lowest BCUT2D eigenvalue weighted by Gasteiger charge is -2.34. The van der Waals surface area contributed by atoms with Crippen molar-refractivity contribution in [1.82, 2.24) is 20.1 Å². The first-order valence-electron chi connectivity index (χ1n) is 13.0. The maximum Gasteiger partial charge on any atom is 0.255 e. The second-order valence-corrected chi connectivity index (χ2v) is 11.0. The van der Waals surface area contributed by atoms with Crippen molar-refractivity contribution < 1.29 is 13.6 Å². The van der Waals surface area contributed by atoms with Crippen molar-refractivity contribution >= 4 is 23.2 Å². The number of likely N-dealkylation sites (N-methyl/N-ethyl adjacent to an activating group) is 1. The number of pyridine rings is 1. The van der Waals surface area contributed by atoms with Crippen molar-refractivity contribution in [2.45, 2.75) is 17.7 Å². The number of hydrogen-bond donors (Lipinski definition) is 1. The third-order valence-electron chi connectivity index (χ3n) is 7.43. The van der Waals surface area contributed by atoms with Gasteiger partial charge in [-0.1, -0.05) is 35.9 Å². The lowest BCUT2D eigenvalue weighted by atomic mass is 9.88. The molecule has 5 nitrogen and oxygen atoms in total. The molecule has 1 aromatic heterocycles. The maximum absolute atomic E-state index is 13.6. The molecular weight excluding hydrogens is 502 g/mol. The molecule has 0 spiro atoms. The van der Waals surface area contributed by atoms with Crippen molar-refractivity contribution in [1.29, 1.82) is 0 Å². The van der Waals surface area contributed by atoms with Gasteiger partial charge in [0.1, 0.15) is 11.6 Å². The fraction of sp³-hybridized carbons (Fsp3) is 0.333. The van der Waals surface area contributed by atoms with E-state index in [1.54, 1.807) is 48.4 Å². The number of rotatable bonds is 7. The van der Waals surface area contributed by atoms with Crippen molar-refractivity contribution in [3.63, 3.8) is 0 Å². The molecule has 0 radical (unpaired) electrons. The molecule has 1 amide bonds. The van der Waals surface area contributed by atoms with Crippen molar-refractivity contribution in [2.75, 3.05) is 45.5 Å². The Morgan fingerprint density at radius 2 is 1.61 bits per heavy atom. The Morgan fingerprint density at radius 1 is 0.974 bits per heavy atom. The zero-order valence-electron chi connectivity index (χ0n) is 21.5. The average Bonchev–Trinajstić information content (AvgIpc) is 3.34. The molecule has 38 heavy (non-hydrogen) atoms. The molecule has 2 aromatic carbocycles. The van der Waals surface area contributed by atoms with Crippen LogP contribution in [0.25, 0.3) is 5.57 Å². The minimum atomic E-state index is -0.745. The van der Waals surface area contributed by atoms with E-state index in [2.05, 4.69) is 20.1 Å². The highest BCUT2D eigenvalue weighted by Gasteiger charge is 2.48. The molecule has 3 aromatic rings. The first kappa shape index (κ1) is 26.5. The highest BCUT2D eigenvalue weighted by molar-refractivity contribution is 8.01. The van der Waals surface area contributed by atoms with E-state index in [-0.39, 0.29) is 17.5 Å². The van der Waals surface area contributed by atoms with Crippen LogP contribution >= 0.6 is 11.8 Å². The summed E-state index contributed by atoms with van der Waals surface area (Å²) in [7, 11) is 1.99. The van der Waals surface area contributed by atoms with E-state index < -0.39 is 4.87 Å². The highest BCUT2D eigenvalue weighted by Crippen LogP contribution is 2.43. The molecule has 2 aliphatic rings. The summed E-state index contributed by atoms with van der Waals surface area (Å²) in [6.45, 7) is 3.90. The number of likely N-dealkylation sites (tertiary alicyclic amines) is 1. The standard InChI is InChI=1S/C30H32F2N4OS/c1-35-19-20-38-30(35,25-3-2-14-33-21-25)29(37)34-15-18-36-16-12-24(13-17-36)28(22-4-8-26(31)9-5-22)23-6-10-27(32)11-7-23/h2-11,14,21H,12-13,15-20H2,1H3,(H,34,37)/t30-/m1/s1. The average molecular weight is 535 g/mol. The van der Waals surface area contributed by atoms with Crippen LogP contribution in [0.4, 0.5) is 8.78 Å². The minimum absolute atomic E-state index is 0.00278. The number of aromatic nitrogens is 1. The second-order valence-electron chi connectivity index (χ2n) is 9.75. The van der Waals surface area contributed by atoms with Gasteiger partial charge < -0.3 is 10.2 Å². The van der Waals surface area contributed by atoms with Crippen LogP contribution in [0.15, 0.2) is 78.6 Å². The van der Waals surface area contributed by atoms with Gasteiger partial charge in [-0.2, -0.15) is 0 Å². The van der Waals surface area contributed by atoms with Gasteiger partial charge >= 0.3 is 0 Å². The monoisotopic (exact) mass is 534 g/mol. The Kier molecular flexibility index (Phi) is 8.21. The third kappa shape index (κ3) is 5.53. The Bertz CT molecular complexity index is 1230. The van der Waals surface area contributed by atoms with Crippen LogP contribution in [0.1, 0.15) is 29.5 Å². The zero-order chi connectivity index (χ0) is 26.5. The largest absolute Gasteiger partial charge is 0.352 e. The van der Waals surface area contributed by atoms with Gasteiger partial charge in [-0.25, -0.2) is 8.78 Å². The summed E-state index contributed by atoms with van der Waals surface area (Å²) in [5.41, 5.74) is 5.12. The van der Waals surface area contributed by atoms with Crippen LogP contribution in [0.2, 0.25) is 0 Å². The summed E-state index contributed by atoms with van der Waals surface area (Å²) in [6.07, 6.45) is 5.23. The fourth-order valence-electron chi connectivity index (χ4n) is 5.39. The molecule has 0 saturated carbocycles. The molecule has 0 unspecified atom stereocenters. The number of thioether (sulfide) groups is 1. The van der Waals surface area contributed by atoms with Crippen molar-refractivity contribution in [2.24, 2.45) is 0 Å². The van der Waals surface area contributed by atoms with E-state index in [1.165, 1.54) is 29.8 Å². The Labute approximate surface area is 226 Å². The molecule has 1 atom stereocenters. The number of hydrogen-bond acceptors (Lipinski definition) is 5. The van der Waals surface area contributed by atoms with Gasteiger partial charge in [0, 0.05) is 56.4 Å². The maximum atomic E-state index is 13.6.